The fourth-order valence-corrected chi connectivity index (χ4v) is 0.798. The summed E-state index contributed by atoms with van der Waals surface area (Å²) < 4.78 is 84.8. The minimum atomic E-state index is -0.616. The van der Waals surface area contributed by atoms with Crippen molar-refractivity contribution in [1.82, 2.24) is 0 Å². The van der Waals surface area contributed by atoms with Gasteiger partial charge in [-0.3, -0.25) is 0 Å². The third kappa shape index (κ3) is 2.33. The van der Waals surface area contributed by atoms with Crippen molar-refractivity contribution < 1.29 is 15.1 Å². The second kappa shape index (κ2) is 4.43. The molecule has 0 fully saturated rings. The molecule has 0 atom stereocenters. The summed E-state index contributed by atoms with van der Waals surface area (Å²) in [6, 6.07) is -6.40. The summed E-state index contributed by atoms with van der Waals surface area (Å²) >= 11 is 0. The van der Waals surface area contributed by atoms with Gasteiger partial charge in [-0.2, -0.15) is 0 Å². The van der Waals surface area contributed by atoms with E-state index in [2.05, 4.69) is 0 Å². The van der Waals surface area contributed by atoms with E-state index in [0.717, 1.165) is 6.08 Å². The predicted molar refractivity (Wildman–Crippen MR) is 61.8 cm³/mol. The molecule has 0 aliphatic carbocycles. The van der Waals surface area contributed by atoms with Crippen LogP contribution in [0.4, 0.5) is 0 Å². The zero-order chi connectivity index (χ0) is 19.2. The van der Waals surface area contributed by atoms with Crippen LogP contribution in [0.15, 0.2) is 60.4 Å². The first-order valence-corrected chi connectivity index (χ1v) is 3.83. The summed E-state index contributed by atoms with van der Waals surface area (Å²) in [4.78, 5) is 0. The van der Waals surface area contributed by atoms with Gasteiger partial charge in [-0.05, 0) is 11.1 Å². The zero-order valence-corrected chi connectivity index (χ0v) is 7.08. The third-order valence-electron chi connectivity index (χ3n) is 1.38. The van der Waals surface area contributed by atoms with Crippen molar-refractivity contribution >= 4 is 12.1 Å². The molecule has 0 nitrogen and oxygen atoms in total. The molecule has 0 bridgehead atoms. The van der Waals surface area contributed by atoms with Gasteiger partial charge in [0.1, 0.15) is 0 Å². The molecule has 0 unspecified atom stereocenters. The van der Waals surface area contributed by atoms with Crippen LogP contribution in [0, 0.1) is 0 Å². The van der Waals surface area contributed by atoms with Gasteiger partial charge in [0.15, 0.2) is 0 Å². The average Bonchev–Trinajstić information content (AvgIpc) is 2.58. The van der Waals surface area contributed by atoms with Crippen LogP contribution in [0.3, 0.4) is 0 Å². The summed E-state index contributed by atoms with van der Waals surface area (Å²) in [5.41, 5.74) is -0.694. The number of rotatable bonds is 2. The van der Waals surface area contributed by atoms with Gasteiger partial charge in [0.2, 0.25) is 0 Å². The van der Waals surface area contributed by atoms with Gasteiger partial charge in [0.05, 0.1) is 15.1 Å². The van der Waals surface area contributed by atoms with Gasteiger partial charge < -0.3 is 0 Å². The molecule has 0 saturated carbocycles. The van der Waals surface area contributed by atoms with Gasteiger partial charge in [0.25, 0.3) is 0 Å². The molecule has 0 heteroatoms. The summed E-state index contributed by atoms with van der Waals surface area (Å²) in [6.45, 7) is 0. The highest BCUT2D eigenvalue weighted by atomic mass is 13.9. The highest BCUT2D eigenvalue weighted by Crippen LogP contribution is 2.06. The van der Waals surface area contributed by atoms with Gasteiger partial charge in [0, 0.05) is 0 Å². The maximum Gasteiger partial charge on any atom is 0.0629 e. The minimum absolute atomic E-state index is 0.289. The monoisotopic (exact) mass is 191 g/mol. The highest BCUT2D eigenvalue weighted by Gasteiger charge is 1.84. The van der Waals surface area contributed by atoms with E-state index >= 15 is 0 Å². The van der Waals surface area contributed by atoms with Crippen molar-refractivity contribution in [3.63, 3.8) is 0 Å². The van der Waals surface area contributed by atoms with Crippen LogP contribution in [0.1, 0.15) is 26.2 Å². The van der Waals surface area contributed by atoms with Crippen LogP contribution >= 0.6 is 0 Å². The van der Waals surface area contributed by atoms with E-state index in [-0.39, 0.29) is 5.56 Å². The van der Waals surface area contributed by atoms with E-state index in [4.69, 9.17) is 15.1 Å². The van der Waals surface area contributed by atoms with Crippen molar-refractivity contribution in [1.29, 1.82) is 0 Å². The van der Waals surface area contributed by atoms with Crippen molar-refractivity contribution in [3.05, 3.63) is 71.6 Å². The van der Waals surface area contributed by atoms with E-state index in [1.807, 2.05) is 0 Å². The Morgan fingerprint density at radius 3 is 1.86 bits per heavy atom. The molecule has 0 radical (unpaired) electrons. The van der Waals surface area contributed by atoms with E-state index in [1.54, 1.807) is 0 Å². The molecule has 0 spiro atoms. The lowest BCUT2D eigenvalue weighted by atomic mass is 10.1. The molecule has 0 aliphatic rings. The Kier molecular flexibility index (Phi) is 0.823. The minimum Gasteiger partial charge on any atom is -0.0622 e. The van der Waals surface area contributed by atoms with Gasteiger partial charge >= 0.3 is 0 Å². The topological polar surface area (TPSA) is 0 Å². The predicted octanol–water partition coefficient (Wildman–Crippen LogP) is 3.86. The molecule has 0 heterocycles. The average molecular weight is 191 g/mol. The first-order chi connectivity index (χ1) is 11.5. The molecule has 0 amide bonds. The van der Waals surface area contributed by atoms with E-state index in [9.17, 15) is 0 Å². The van der Waals surface area contributed by atoms with Crippen LogP contribution in [0.2, 0.25) is 0 Å². The smallest absolute Gasteiger partial charge is 0.0622 e. The molecular formula is C14H12. The molecule has 2 aromatic rings. The Balaban J connectivity index is 2.79. The summed E-state index contributed by atoms with van der Waals surface area (Å²) in [6.07, 6.45) is 0.911. The molecule has 2 aromatic carbocycles. The Morgan fingerprint density at radius 1 is 0.786 bits per heavy atom. The molecule has 14 heavy (non-hydrogen) atoms. The maximum atomic E-state index is 8.04. The number of benzene rings is 2. The summed E-state index contributed by atoms with van der Waals surface area (Å²) in [5, 5.41) is 0. The Labute approximate surface area is 100.0 Å². The second-order valence-corrected chi connectivity index (χ2v) is 2.33. The van der Waals surface area contributed by atoms with Crippen LogP contribution in [0.25, 0.3) is 12.1 Å². The molecule has 0 aromatic heterocycles. The molecule has 0 aliphatic heterocycles. The number of hydrogen-bond acceptors (Lipinski definition) is 0. The SMILES string of the molecule is [2H]/C(=C\c1c([2H])c([2H])c([2H])c([2H])c1[2H])c1c([2H])c([2H])c([2H])c([2H])c1[2H]. The van der Waals surface area contributed by atoms with Gasteiger partial charge in [-0.15, -0.1) is 0 Å². The molecule has 0 N–H and O–H groups in total. The Hall–Kier alpha value is -1.82. The summed E-state index contributed by atoms with van der Waals surface area (Å²) in [7, 11) is 0. The lowest BCUT2D eigenvalue weighted by Gasteiger charge is -1.92. The standard InChI is InChI=1S/C14H12/c1-3-7-13(8-4-1)11-12-14-9-5-2-6-10-14/h1-12H/b12-11+/i1D,2D,3D,4D,5D,6D,7D,8D,9D,10D,11D. The highest BCUT2D eigenvalue weighted by molar-refractivity contribution is 5.69. The van der Waals surface area contributed by atoms with Crippen molar-refractivity contribution in [2.24, 2.45) is 0 Å². The van der Waals surface area contributed by atoms with Crippen LogP contribution in [-0.4, -0.2) is 0 Å². The molecule has 68 valence electrons. The molecule has 0 saturated heterocycles. The van der Waals surface area contributed by atoms with Crippen molar-refractivity contribution in [2.45, 2.75) is 0 Å². The Bertz CT molecular complexity index is 856. The van der Waals surface area contributed by atoms with Crippen molar-refractivity contribution in [2.75, 3.05) is 0 Å². The maximum absolute atomic E-state index is 8.04. The fourth-order valence-electron chi connectivity index (χ4n) is 0.798. The van der Waals surface area contributed by atoms with E-state index in [0.29, 0.717) is 0 Å². The zero-order valence-electron chi connectivity index (χ0n) is 18.1. The van der Waals surface area contributed by atoms with E-state index < -0.39 is 72.0 Å². The lowest BCUT2D eigenvalue weighted by molar-refractivity contribution is 1.65. The van der Waals surface area contributed by atoms with Crippen LogP contribution in [0.5, 0.6) is 0 Å². The van der Waals surface area contributed by atoms with Gasteiger partial charge in [-0.1, -0.05) is 72.6 Å². The number of hydrogen-bond donors (Lipinski definition) is 0. The first kappa shape index (κ1) is 2.60. The van der Waals surface area contributed by atoms with Crippen LogP contribution < -0.4 is 0 Å². The molecule has 2 rings (SSSR count). The lowest BCUT2D eigenvalue weighted by Crippen LogP contribution is -1.70. The van der Waals surface area contributed by atoms with Crippen LogP contribution in [-0.2, 0) is 0 Å². The summed E-state index contributed by atoms with van der Waals surface area (Å²) in [5.74, 6) is 0. The Morgan fingerprint density at radius 2 is 1.29 bits per heavy atom. The second-order valence-electron chi connectivity index (χ2n) is 2.33. The molecular weight excluding hydrogens is 168 g/mol. The largest absolute Gasteiger partial charge is 0.0629 e. The normalized spacial score (nSPS) is 22.3. The fraction of sp³-hybridized carbons (Fsp3) is 0. The van der Waals surface area contributed by atoms with Gasteiger partial charge in [-0.25, -0.2) is 0 Å². The first-order valence-electron chi connectivity index (χ1n) is 9.33. The third-order valence-corrected chi connectivity index (χ3v) is 1.38. The van der Waals surface area contributed by atoms with Crippen molar-refractivity contribution in [3.8, 4) is 0 Å². The van der Waals surface area contributed by atoms with E-state index in [1.165, 1.54) is 0 Å². The quantitative estimate of drug-likeness (QED) is 0.632.